The number of hydrogen-bond donors (Lipinski definition) is 0. The zero-order valence-electron chi connectivity index (χ0n) is 7.41. The maximum atomic E-state index is 11.3. The van der Waals surface area contributed by atoms with E-state index in [0.717, 1.165) is 12.8 Å². The summed E-state index contributed by atoms with van der Waals surface area (Å²) in [7, 11) is 3.59. The van der Waals surface area contributed by atoms with Crippen LogP contribution in [0, 0.1) is 5.92 Å². The Hall–Kier alpha value is -1.12. The molecule has 0 radical (unpaired) electrons. The topological polar surface area (TPSA) is 37.4 Å². The van der Waals surface area contributed by atoms with Gasteiger partial charge in [-0.25, -0.2) is 0 Å². The summed E-state index contributed by atoms with van der Waals surface area (Å²) in [5.41, 5.74) is 0.294. The summed E-state index contributed by atoms with van der Waals surface area (Å²) in [4.78, 5) is 23.6. The molecule has 0 N–H and O–H groups in total. The van der Waals surface area contributed by atoms with Crippen LogP contribution in [0.4, 0.5) is 0 Å². The van der Waals surface area contributed by atoms with E-state index < -0.39 is 0 Å². The number of allylic oxidation sites excluding steroid dienone is 1. The minimum Gasteiger partial charge on any atom is -0.383 e. The molecule has 1 fully saturated rings. The van der Waals surface area contributed by atoms with Crippen molar-refractivity contribution in [3.05, 3.63) is 11.8 Å². The van der Waals surface area contributed by atoms with Gasteiger partial charge in [-0.2, -0.15) is 0 Å². The van der Waals surface area contributed by atoms with Gasteiger partial charge in [-0.1, -0.05) is 0 Å². The number of carbonyl (C=O) groups excluding carboxylic acids is 2. The Labute approximate surface area is 72.0 Å². The number of nitrogens with zero attached hydrogens (tertiary/aromatic N) is 1. The Morgan fingerprint density at radius 1 is 1.42 bits per heavy atom. The van der Waals surface area contributed by atoms with Crippen LogP contribution in [0.5, 0.6) is 0 Å². The van der Waals surface area contributed by atoms with Crippen LogP contribution in [-0.4, -0.2) is 31.1 Å². The van der Waals surface area contributed by atoms with E-state index in [1.54, 1.807) is 25.2 Å². The third-order valence-electron chi connectivity index (χ3n) is 1.76. The van der Waals surface area contributed by atoms with Gasteiger partial charge in [0.15, 0.2) is 12.1 Å². The molecule has 1 aliphatic rings. The minimum atomic E-state index is -0.00120. The molecule has 0 spiro atoms. The molecule has 1 rings (SSSR count). The fourth-order valence-electron chi connectivity index (χ4n) is 1.01. The SMILES string of the molecule is CN(C)C=C(C=O)C(=O)C1CC1. The first-order valence-corrected chi connectivity index (χ1v) is 4.02. The van der Waals surface area contributed by atoms with Gasteiger partial charge in [0.2, 0.25) is 0 Å². The van der Waals surface area contributed by atoms with Crippen molar-refractivity contribution in [2.75, 3.05) is 14.1 Å². The second-order valence-electron chi connectivity index (χ2n) is 3.30. The third kappa shape index (κ3) is 2.19. The normalized spacial score (nSPS) is 17.3. The third-order valence-corrected chi connectivity index (χ3v) is 1.76. The van der Waals surface area contributed by atoms with Gasteiger partial charge in [-0.15, -0.1) is 0 Å². The summed E-state index contributed by atoms with van der Waals surface area (Å²) in [6.07, 6.45) is 4.10. The zero-order valence-corrected chi connectivity index (χ0v) is 7.41. The first-order chi connectivity index (χ1) is 5.65. The van der Waals surface area contributed by atoms with Gasteiger partial charge in [-0.3, -0.25) is 9.59 Å². The summed E-state index contributed by atoms with van der Waals surface area (Å²) < 4.78 is 0. The standard InChI is InChI=1S/C9H13NO2/c1-10(2)5-8(6-11)9(12)7-3-4-7/h5-7H,3-4H2,1-2H3. The Balaban J connectivity index is 2.66. The molecular weight excluding hydrogens is 154 g/mol. The van der Waals surface area contributed by atoms with Crippen LogP contribution in [0.2, 0.25) is 0 Å². The molecule has 12 heavy (non-hydrogen) atoms. The Morgan fingerprint density at radius 3 is 2.33 bits per heavy atom. The molecule has 0 aliphatic heterocycles. The molecule has 1 saturated carbocycles. The number of aldehydes is 1. The van der Waals surface area contributed by atoms with Crippen LogP contribution >= 0.6 is 0 Å². The molecule has 0 heterocycles. The predicted molar refractivity (Wildman–Crippen MR) is 45.6 cm³/mol. The second kappa shape index (κ2) is 3.52. The highest BCUT2D eigenvalue weighted by atomic mass is 16.1. The van der Waals surface area contributed by atoms with Crippen LogP contribution in [0.1, 0.15) is 12.8 Å². The molecule has 3 heteroatoms. The number of rotatable bonds is 4. The number of hydrogen-bond acceptors (Lipinski definition) is 3. The Bertz CT molecular complexity index is 227. The maximum Gasteiger partial charge on any atom is 0.170 e. The van der Waals surface area contributed by atoms with Crippen molar-refractivity contribution < 1.29 is 9.59 Å². The molecule has 1 aliphatic carbocycles. The quantitative estimate of drug-likeness (QED) is 0.266. The summed E-state index contributed by atoms with van der Waals surface area (Å²) in [6.45, 7) is 0. The number of Topliss-reactive ketones (excluding diaryl/α,β-unsaturated/α-hetero) is 1. The average molecular weight is 167 g/mol. The van der Waals surface area contributed by atoms with E-state index in [9.17, 15) is 9.59 Å². The summed E-state index contributed by atoms with van der Waals surface area (Å²) in [5.74, 6) is 0.125. The summed E-state index contributed by atoms with van der Waals surface area (Å²) in [6, 6.07) is 0. The highest BCUT2D eigenvalue weighted by Gasteiger charge is 2.31. The average Bonchev–Trinajstić information content (AvgIpc) is 2.80. The summed E-state index contributed by atoms with van der Waals surface area (Å²) in [5, 5.41) is 0. The van der Waals surface area contributed by atoms with Crippen molar-refractivity contribution in [3.63, 3.8) is 0 Å². The van der Waals surface area contributed by atoms with Gasteiger partial charge in [0.25, 0.3) is 0 Å². The van der Waals surface area contributed by atoms with Gasteiger partial charge in [0.05, 0.1) is 5.57 Å². The molecule has 3 nitrogen and oxygen atoms in total. The molecule has 0 amide bonds. The van der Waals surface area contributed by atoms with Gasteiger partial charge in [0.1, 0.15) is 0 Å². The predicted octanol–water partition coefficient (Wildman–Crippen LogP) is 0.610. The van der Waals surface area contributed by atoms with Gasteiger partial charge in [0, 0.05) is 26.2 Å². The van der Waals surface area contributed by atoms with E-state index in [1.165, 1.54) is 0 Å². The van der Waals surface area contributed by atoms with Crippen molar-refractivity contribution in [2.24, 2.45) is 5.92 Å². The molecule has 0 aromatic carbocycles. The first kappa shape index (κ1) is 8.97. The highest BCUT2D eigenvalue weighted by Crippen LogP contribution is 2.31. The van der Waals surface area contributed by atoms with E-state index >= 15 is 0 Å². The molecule has 0 aromatic rings. The number of ketones is 1. The molecule has 0 aromatic heterocycles. The lowest BCUT2D eigenvalue weighted by atomic mass is 10.1. The lowest BCUT2D eigenvalue weighted by Crippen LogP contribution is -2.11. The minimum absolute atomic E-state index is 0.00120. The van der Waals surface area contributed by atoms with Crippen molar-refractivity contribution in [1.29, 1.82) is 0 Å². The van der Waals surface area contributed by atoms with Gasteiger partial charge < -0.3 is 4.90 Å². The smallest absolute Gasteiger partial charge is 0.170 e. The lowest BCUT2D eigenvalue weighted by molar-refractivity contribution is -0.118. The molecular formula is C9H13NO2. The van der Waals surface area contributed by atoms with E-state index in [-0.39, 0.29) is 11.7 Å². The largest absolute Gasteiger partial charge is 0.383 e. The zero-order chi connectivity index (χ0) is 9.14. The van der Waals surface area contributed by atoms with Gasteiger partial charge in [-0.05, 0) is 12.8 Å². The van der Waals surface area contributed by atoms with E-state index in [1.807, 2.05) is 0 Å². The second-order valence-corrected chi connectivity index (χ2v) is 3.30. The molecule has 0 bridgehead atoms. The van der Waals surface area contributed by atoms with Crippen LogP contribution in [0.25, 0.3) is 0 Å². The van der Waals surface area contributed by atoms with Crippen molar-refractivity contribution in [2.45, 2.75) is 12.8 Å². The van der Waals surface area contributed by atoms with E-state index in [4.69, 9.17) is 0 Å². The lowest BCUT2D eigenvalue weighted by Gasteiger charge is -2.05. The van der Waals surface area contributed by atoms with Gasteiger partial charge >= 0.3 is 0 Å². The van der Waals surface area contributed by atoms with E-state index in [0.29, 0.717) is 11.9 Å². The highest BCUT2D eigenvalue weighted by molar-refractivity contribution is 6.13. The Morgan fingerprint density at radius 2 is 2.00 bits per heavy atom. The fraction of sp³-hybridized carbons (Fsp3) is 0.556. The Kier molecular flexibility index (Phi) is 2.63. The molecule has 66 valence electrons. The summed E-state index contributed by atoms with van der Waals surface area (Å²) >= 11 is 0. The van der Waals surface area contributed by atoms with Crippen LogP contribution in [0.3, 0.4) is 0 Å². The molecule has 0 atom stereocenters. The monoisotopic (exact) mass is 167 g/mol. The van der Waals surface area contributed by atoms with Crippen molar-refractivity contribution in [3.8, 4) is 0 Å². The van der Waals surface area contributed by atoms with Crippen LogP contribution < -0.4 is 0 Å². The van der Waals surface area contributed by atoms with Crippen molar-refractivity contribution in [1.82, 2.24) is 4.90 Å². The van der Waals surface area contributed by atoms with E-state index in [2.05, 4.69) is 0 Å². The van der Waals surface area contributed by atoms with Crippen molar-refractivity contribution >= 4 is 12.1 Å². The molecule has 0 saturated heterocycles. The fourth-order valence-corrected chi connectivity index (χ4v) is 1.01. The maximum absolute atomic E-state index is 11.3. The number of carbonyl (C=O) groups is 2. The first-order valence-electron chi connectivity index (χ1n) is 4.02. The molecule has 0 unspecified atom stereocenters. The van der Waals surface area contributed by atoms with Crippen LogP contribution in [0.15, 0.2) is 11.8 Å². The van der Waals surface area contributed by atoms with Crippen LogP contribution in [-0.2, 0) is 9.59 Å².